The van der Waals surface area contributed by atoms with Gasteiger partial charge in [-0.3, -0.25) is 14.3 Å². The Morgan fingerprint density at radius 2 is 1.88 bits per heavy atom. The summed E-state index contributed by atoms with van der Waals surface area (Å²) in [4.78, 5) is 28.8. The van der Waals surface area contributed by atoms with Gasteiger partial charge in [0.05, 0.1) is 0 Å². The van der Waals surface area contributed by atoms with E-state index in [-0.39, 0.29) is 18.4 Å². The summed E-state index contributed by atoms with van der Waals surface area (Å²) in [6.45, 7) is 5.28. The van der Waals surface area contributed by atoms with Gasteiger partial charge in [0.2, 0.25) is 5.91 Å². The number of hydrogen-bond donors (Lipinski definition) is 1. The van der Waals surface area contributed by atoms with E-state index in [9.17, 15) is 9.59 Å². The second-order valence-electron chi connectivity index (χ2n) is 6.97. The van der Waals surface area contributed by atoms with Crippen molar-refractivity contribution in [2.45, 2.75) is 45.2 Å². The molecule has 3 rings (SSSR count). The number of nitrogens with zero attached hydrogens (tertiary/aromatic N) is 4. The molecule has 2 heterocycles. The molecule has 0 aromatic carbocycles. The molecule has 1 saturated heterocycles. The predicted molar refractivity (Wildman–Crippen MR) is 90.8 cm³/mol. The van der Waals surface area contributed by atoms with Gasteiger partial charge in [0.25, 0.3) is 5.91 Å². The molecule has 1 aliphatic heterocycles. The Kier molecular flexibility index (Phi) is 5.18. The first kappa shape index (κ1) is 17.0. The Bertz CT molecular complexity index is 598. The first-order valence-electron chi connectivity index (χ1n) is 8.84. The van der Waals surface area contributed by atoms with Crippen molar-refractivity contribution in [1.82, 2.24) is 24.9 Å². The molecule has 0 bridgehead atoms. The highest BCUT2D eigenvalue weighted by atomic mass is 16.2. The van der Waals surface area contributed by atoms with Crippen molar-refractivity contribution in [2.24, 2.45) is 0 Å². The topological polar surface area (TPSA) is 70.5 Å². The maximum absolute atomic E-state index is 12.6. The zero-order valence-corrected chi connectivity index (χ0v) is 14.6. The summed E-state index contributed by atoms with van der Waals surface area (Å²) in [6.07, 6.45) is 4.51. The molecule has 132 valence electrons. The molecule has 2 fully saturated rings. The number of carbonyl (C=O) groups is 2. The molecular weight excluding hydrogens is 306 g/mol. The minimum absolute atomic E-state index is 0.0216. The molecule has 24 heavy (non-hydrogen) atoms. The maximum atomic E-state index is 12.6. The van der Waals surface area contributed by atoms with E-state index < -0.39 is 0 Å². The van der Waals surface area contributed by atoms with E-state index >= 15 is 0 Å². The van der Waals surface area contributed by atoms with Crippen LogP contribution >= 0.6 is 0 Å². The molecule has 1 saturated carbocycles. The number of rotatable bonds is 4. The van der Waals surface area contributed by atoms with Crippen molar-refractivity contribution in [3.63, 3.8) is 0 Å². The minimum Gasteiger partial charge on any atom is -0.352 e. The van der Waals surface area contributed by atoms with E-state index in [4.69, 9.17) is 0 Å². The molecule has 0 atom stereocenters. The van der Waals surface area contributed by atoms with Gasteiger partial charge in [0.1, 0.15) is 6.54 Å². The van der Waals surface area contributed by atoms with Crippen molar-refractivity contribution >= 4 is 11.8 Å². The molecule has 7 heteroatoms. The Hall–Kier alpha value is -1.89. The Balaban J connectivity index is 1.59. The summed E-state index contributed by atoms with van der Waals surface area (Å²) in [5.74, 6) is -0.0622. The molecular formula is C17H27N5O2. The Morgan fingerprint density at radius 3 is 2.54 bits per heavy atom. The van der Waals surface area contributed by atoms with Crippen molar-refractivity contribution in [1.29, 1.82) is 0 Å². The molecule has 1 aromatic rings. The zero-order chi connectivity index (χ0) is 17.1. The average Bonchev–Trinajstić information content (AvgIpc) is 3.18. The minimum atomic E-state index is -0.0406. The van der Waals surface area contributed by atoms with Crippen LogP contribution in [0.1, 0.15) is 41.9 Å². The third-order valence-electron chi connectivity index (χ3n) is 5.00. The number of aryl methyl sites for hydroxylation is 1. The summed E-state index contributed by atoms with van der Waals surface area (Å²) >= 11 is 0. The number of amides is 2. The highest BCUT2D eigenvalue weighted by molar-refractivity contribution is 5.92. The van der Waals surface area contributed by atoms with E-state index in [1.807, 2.05) is 11.8 Å². The third kappa shape index (κ3) is 3.95. The Morgan fingerprint density at radius 1 is 1.21 bits per heavy atom. The van der Waals surface area contributed by atoms with Crippen LogP contribution in [0.3, 0.4) is 0 Å². The zero-order valence-electron chi connectivity index (χ0n) is 14.6. The van der Waals surface area contributed by atoms with Gasteiger partial charge >= 0.3 is 0 Å². The summed E-state index contributed by atoms with van der Waals surface area (Å²) in [5.41, 5.74) is 1.28. The van der Waals surface area contributed by atoms with Gasteiger partial charge < -0.3 is 15.1 Å². The predicted octanol–water partition coefficient (Wildman–Crippen LogP) is 0.638. The van der Waals surface area contributed by atoms with Crippen LogP contribution in [0.4, 0.5) is 0 Å². The second kappa shape index (κ2) is 7.34. The molecule has 0 unspecified atom stereocenters. The van der Waals surface area contributed by atoms with Gasteiger partial charge in [-0.1, -0.05) is 12.8 Å². The number of hydrogen-bond acceptors (Lipinski definition) is 4. The summed E-state index contributed by atoms with van der Waals surface area (Å²) < 4.78 is 1.63. The average molecular weight is 333 g/mol. The number of likely N-dealkylation sites (N-methyl/N-ethyl adjacent to an activating group) is 1. The Labute approximate surface area is 143 Å². The molecule has 1 aromatic heterocycles. The SMILES string of the molecule is Cc1cc(C(=O)N2CCN(C)CC2)nn1CC(=O)NC1CCCC1. The van der Waals surface area contributed by atoms with Crippen molar-refractivity contribution < 1.29 is 9.59 Å². The van der Waals surface area contributed by atoms with Gasteiger partial charge in [-0.15, -0.1) is 0 Å². The van der Waals surface area contributed by atoms with Crippen LogP contribution < -0.4 is 5.32 Å². The standard InChI is InChI=1S/C17H27N5O2/c1-13-11-15(17(24)21-9-7-20(2)8-10-21)19-22(13)12-16(23)18-14-5-3-4-6-14/h11,14H,3-10,12H2,1-2H3,(H,18,23). The number of aromatic nitrogens is 2. The van der Waals surface area contributed by atoms with Crippen molar-refractivity contribution in [3.05, 3.63) is 17.5 Å². The van der Waals surface area contributed by atoms with Gasteiger partial charge in [-0.2, -0.15) is 5.10 Å². The monoisotopic (exact) mass is 333 g/mol. The van der Waals surface area contributed by atoms with E-state index in [0.29, 0.717) is 11.7 Å². The second-order valence-corrected chi connectivity index (χ2v) is 6.97. The lowest BCUT2D eigenvalue weighted by Gasteiger charge is -2.31. The molecule has 1 aliphatic carbocycles. The number of nitrogens with one attached hydrogen (secondary N) is 1. The third-order valence-corrected chi connectivity index (χ3v) is 5.00. The van der Waals surface area contributed by atoms with Gasteiger partial charge in [0, 0.05) is 37.9 Å². The molecule has 2 aliphatic rings. The number of piperazine rings is 1. The molecule has 2 amide bonds. The van der Waals surface area contributed by atoms with E-state index in [0.717, 1.165) is 44.7 Å². The quantitative estimate of drug-likeness (QED) is 0.878. The van der Waals surface area contributed by atoms with Crippen LogP contribution in [0.2, 0.25) is 0 Å². The number of carbonyl (C=O) groups excluding carboxylic acids is 2. The fourth-order valence-corrected chi connectivity index (χ4v) is 3.43. The largest absolute Gasteiger partial charge is 0.352 e. The lowest BCUT2D eigenvalue weighted by atomic mass is 10.2. The first-order valence-corrected chi connectivity index (χ1v) is 8.84. The molecule has 7 nitrogen and oxygen atoms in total. The van der Waals surface area contributed by atoms with Crippen LogP contribution in [0.5, 0.6) is 0 Å². The first-order chi connectivity index (χ1) is 11.5. The van der Waals surface area contributed by atoms with Crippen molar-refractivity contribution in [2.75, 3.05) is 33.2 Å². The van der Waals surface area contributed by atoms with Crippen LogP contribution in [-0.4, -0.2) is 70.7 Å². The van der Waals surface area contributed by atoms with E-state index in [1.54, 1.807) is 10.7 Å². The van der Waals surface area contributed by atoms with Gasteiger partial charge in [-0.05, 0) is 32.9 Å². The maximum Gasteiger partial charge on any atom is 0.274 e. The van der Waals surface area contributed by atoms with Crippen LogP contribution in [-0.2, 0) is 11.3 Å². The van der Waals surface area contributed by atoms with E-state index in [1.165, 1.54) is 12.8 Å². The van der Waals surface area contributed by atoms with Crippen LogP contribution in [0, 0.1) is 6.92 Å². The van der Waals surface area contributed by atoms with Crippen molar-refractivity contribution in [3.8, 4) is 0 Å². The summed E-state index contributed by atoms with van der Waals surface area (Å²) in [5, 5.41) is 7.43. The van der Waals surface area contributed by atoms with Crippen LogP contribution in [0.25, 0.3) is 0 Å². The lowest BCUT2D eigenvalue weighted by molar-refractivity contribution is -0.122. The normalized spacial score (nSPS) is 19.7. The fourth-order valence-electron chi connectivity index (χ4n) is 3.43. The summed E-state index contributed by atoms with van der Waals surface area (Å²) in [7, 11) is 2.06. The smallest absolute Gasteiger partial charge is 0.274 e. The molecule has 0 spiro atoms. The van der Waals surface area contributed by atoms with Crippen LogP contribution in [0.15, 0.2) is 6.07 Å². The summed E-state index contributed by atoms with van der Waals surface area (Å²) in [6, 6.07) is 2.09. The van der Waals surface area contributed by atoms with E-state index in [2.05, 4.69) is 22.4 Å². The van der Waals surface area contributed by atoms with Gasteiger partial charge in [-0.25, -0.2) is 0 Å². The highest BCUT2D eigenvalue weighted by Gasteiger charge is 2.24. The fraction of sp³-hybridized carbons (Fsp3) is 0.706. The highest BCUT2D eigenvalue weighted by Crippen LogP contribution is 2.17. The molecule has 1 N–H and O–H groups in total. The molecule has 0 radical (unpaired) electrons. The van der Waals surface area contributed by atoms with Gasteiger partial charge in [0.15, 0.2) is 5.69 Å². The lowest BCUT2D eigenvalue weighted by Crippen LogP contribution is -2.47.